The van der Waals surface area contributed by atoms with E-state index in [0.717, 1.165) is 0 Å². The molecule has 160 valence electrons. The van der Waals surface area contributed by atoms with Crippen LogP contribution < -0.4 is 10.2 Å². The second kappa shape index (κ2) is 8.97. The Morgan fingerprint density at radius 1 is 1.39 bits per heavy atom. The summed E-state index contributed by atoms with van der Waals surface area (Å²) in [6, 6.07) is 8.91. The molecule has 1 aromatic carbocycles. The van der Waals surface area contributed by atoms with E-state index in [0.29, 0.717) is 10.6 Å². The fourth-order valence-electron chi connectivity index (χ4n) is 3.52. The first-order valence-electron chi connectivity index (χ1n) is 9.32. The zero-order valence-corrected chi connectivity index (χ0v) is 17.7. The number of hydrogen-bond acceptors (Lipinski definition) is 8. The smallest absolute Gasteiger partial charge is 0.336 e. The van der Waals surface area contributed by atoms with Crippen LogP contribution in [0.4, 0.5) is 11.6 Å². The Labute approximate surface area is 182 Å². The number of nitrogens with one attached hydrogen (secondary N) is 2. The van der Waals surface area contributed by atoms with Crippen LogP contribution in [0.15, 0.2) is 40.2 Å². The van der Waals surface area contributed by atoms with Gasteiger partial charge >= 0.3 is 5.97 Å². The molecule has 2 atom stereocenters. The number of hydrogen-bond donors (Lipinski definition) is 2. The molecule has 0 fully saturated rings. The van der Waals surface area contributed by atoms with Crippen LogP contribution in [0.5, 0.6) is 0 Å². The number of benzene rings is 1. The Balaban J connectivity index is 2.27. The van der Waals surface area contributed by atoms with E-state index in [1.807, 2.05) is 0 Å². The van der Waals surface area contributed by atoms with Gasteiger partial charge in [0.05, 0.1) is 18.2 Å². The molecule has 3 rings (SSSR count). The number of amides is 1. The van der Waals surface area contributed by atoms with Gasteiger partial charge in [-0.15, -0.1) is 0 Å². The van der Waals surface area contributed by atoms with Gasteiger partial charge in [0.1, 0.15) is 11.8 Å². The maximum atomic E-state index is 13.0. The largest absolute Gasteiger partial charge is 0.463 e. The molecule has 0 saturated carbocycles. The number of carbonyl (C=O) groups is 2. The number of esters is 1. The molecular formula is C20H19ClN6O4. The quantitative estimate of drug-likeness (QED) is 0.671. The predicted octanol–water partition coefficient (Wildman–Crippen LogP) is 3.24. The molecule has 2 heterocycles. The van der Waals surface area contributed by atoms with Gasteiger partial charge in [-0.1, -0.05) is 29.8 Å². The first kappa shape index (κ1) is 22.0. The third kappa shape index (κ3) is 4.00. The first-order valence-corrected chi connectivity index (χ1v) is 9.70. The highest BCUT2D eigenvalue weighted by molar-refractivity contribution is 6.31. The van der Waals surface area contributed by atoms with Crippen molar-refractivity contribution in [1.82, 2.24) is 10.3 Å². The molecule has 1 amide bonds. The molecule has 31 heavy (non-hydrogen) atoms. The Hall–Kier alpha value is -3.71. The Morgan fingerprint density at radius 3 is 2.71 bits per heavy atom. The maximum absolute atomic E-state index is 13.0. The normalized spacial score (nSPS) is 18.5. The molecule has 11 heteroatoms. The molecule has 2 unspecified atom stereocenters. The lowest BCUT2D eigenvalue weighted by molar-refractivity contribution is -0.139. The van der Waals surface area contributed by atoms with Gasteiger partial charge < -0.3 is 10.1 Å². The van der Waals surface area contributed by atoms with Gasteiger partial charge in [0, 0.05) is 23.6 Å². The number of anilines is 2. The van der Waals surface area contributed by atoms with E-state index in [2.05, 4.69) is 21.7 Å². The fraction of sp³-hybridized carbons (Fsp3) is 0.300. The minimum Gasteiger partial charge on any atom is -0.463 e. The first-order chi connectivity index (χ1) is 14.8. The van der Waals surface area contributed by atoms with Crippen LogP contribution in [0.2, 0.25) is 5.02 Å². The van der Waals surface area contributed by atoms with Crippen LogP contribution in [-0.2, 0) is 14.3 Å². The lowest BCUT2D eigenvalue weighted by Gasteiger charge is -2.38. The summed E-state index contributed by atoms with van der Waals surface area (Å²) in [5, 5.41) is 28.9. The highest BCUT2D eigenvalue weighted by atomic mass is 35.5. The lowest BCUT2D eigenvalue weighted by atomic mass is 9.76. The summed E-state index contributed by atoms with van der Waals surface area (Å²) < 4.78 is 10.00. The molecule has 0 bridgehead atoms. The number of allylic oxidation sites excluding steroid dienone is 1. The van der Waals surface area contributed by atoms with Crippen molar-refractivity contribution in [3.05, 3.63) is 46.1 Å². The molecular weight excluding hydrogens is 424 g/mol. The van der Waals surface area contributed by atoms with Crippen LogP contribution in [0.25, 0.3) is 0 Å². The van der Waals surface area contributed by atoms with E-state index < -0.39 is 23.7 Å². The maximum Gasteiger partial charge on any atom is 0.336 e. The van der Waals surface area contributed by atoms with Crippen molar-refractivity contribution in [3.63, 3.8) is 0 Å². The number of nitriles is 1. The highest BCUT2D eigenvalue weighted by Gasteiger charge is 2.45. The van der Waals surface area contributed by atoms with Crippen molar-refractivity contribution in [2.24, 2.45) is 5.92 Å². The highest BCUT2D eigenvalue weighted by Crippen LogP contribution is 2.45. The van der Waals surface area contributed by atoms with E-state index in [-0.39, 0.29) is 35.3 Å². The molecule has 1 aromatic heterocycles. The fourth-order valence-corrected chi connectivity index (χ4v) is 3.77. The van der Waals surface area contributed by atoms with Crippen molar-refractivity contribution >= 4 is 40.9 Å². The van der Waals surface area contributed by atoms with Crippen molar-refractivity contribution in [2.75, 3.05) is 16.8 Å². The molecule has 1 aliphatic rings. The van der Waals surface area contributed by atoms with Crippen LogP contribution in [-0.4, -0.2) is 34.6 Å². The second-order valence-electron chi connectivity index (χ2n) is 6.66. The monoisotopic (exact) mass is 442 g/mol. The number of ether oxygens (including phenoxy) is 1. The topological polar surface area (TPSA) is 145 Å². The minimum atomic E-state index is -1.11. The summed E-state index contributed by atoms with van der Waals surface area (Å²) >= 11 is 6.39. The summed E-state index contributed by atoms with van der Waals surface area (Å²) in [7, 11) is 0. The number of rotatable bonds is 5. The number of halogens is 1. The molecule has 2 aromatic rings. The van der Waals surface area contributed by atoms with Crippen LogP contribution in [0.1, 0.15) is 32.3 Å². The van der Waals surface area contributed by atoms with Crippen molar-refractivity contribution in [2.45, 2.75) is 26.7 Å². The SMILES string of the molecule is CCOC(=O)C1=C(C)N(c2nonc2NC(C)=O)C(=N)C(C#N)C1c1ccccc1Cl. The van der Waals surface area contributed by atoms with Gasteiger partial charge in [-0.25, -0.2) is 9.42 Å². The zero-order valence-electron chi connectivity index (χ0n) is 17.0. The zero-order chi connectivity index (χ0) is 22.7. The van der Waals surface area contributed by atoms with Gasteiger partial charge in [-0.05, 0) is 35.8 Å². The van der Waals surface area contributed by atoms with Crippen LogP contribution in [0, 0.1) is 22.7 Å². The van der Waals surface area contributed by atoms with Crippen molar-refractivity contribution < 1.29 is 19.0 Å². The minimum absolute atomic E-state index is 0.0302. The molecule has 10 nitrogen and oxygen atoms in total. The molecule has 0 saturated heterocycles. The Kier molecular flexibility index (Phi) is 6.36. The summed E-state index contributed by atoms with van der Waals surface area (Å²) in [5.74, 6) is -3.29. The lowest BCUT2D eigenvalue weighted by Crippen LogP contribution is -2.44. The summed E-state index contributed by atoms with van der Waals surface area (Å²) in [4.78, 5) is 25.8. The van der Waals surface area contributed by atoms with Gasteiger partial charge in [0.15, 0.2) is 0 Å². The molecule has 0 radical (unpaired) electrons. The van der Waals surface area contributed by atoms with Gasteiger partial charge in [0.25, 0.3) is 0 Å². The number of aromatic nitrogens is 2. The Morgan fingerprint density at radius 2 is 2.10 bits per heavy atom. The number of nitrogens with zero attached hydrogens (tertiary/aromatic N) is 4. The van der Waals surface area contributed by atoms with Gasteiger partial charge in [-0.3, -0.25) is 15.1 Å². The molecule has 1 aliphatic heterocycles. The van der Waals surface area contributed by atoms with Crippen molar-refractivity contribution in [3.8, 4) is 6.07 Å². The summed E-state index contributed by atoms with van der Waals surface area (Å²) in [6.07, 6.45) is 0. The van der Waals surface area contributed by atoms with E-state index in [1.165, 1.54) is 11.8 Å². The average molecular weight is 443 g/mol. The molecule has 2 N–H and O–H groups in total. The van der Waals surface area contributed by atoms with Gasteiger partial charge in [-0.2, -0.15) is 5.26 Å². The Bertz CT molecular complexity index is 1120. The predicted molar refractivity (Wildman–Crippen MR) is 111 cm³/mol. The summed E-state index contributed by atoms with van der Waals surface area (Å²) in [6.45, 7) is 4.64. The second-order valence-corrected chi connectivity index (χ2v) is 7.07. The number of amidine groups is 1. The van der Waals surface area contributed by atoms with Crippen molar-refractivity contribution in [1.29, 1.82) is 10.7 Å². The van der Waals surface area contributed by atoms with Gasteiger partial charge in [0.2, 0.25) is 17.5 Å². The number of carbonyl (C=O) groups excluding carboxylic acids is 2. The van der Waals surface area contributed by atoms with Crippen LogP contribution in [0.3, 0.4) is 0 Å². The van der Waals surface area contributed by atoms with E-state index in [4.69, 9.17) is 26.4 Å². The third-order valence-corrected chi connectivity index (χ3v) is 5.10. The molecule has 0 spiro atoms. The third-order valence-electron chi connectivity index (χ3n) is 4.76. The van der Waals surface area contributed by atoms with E-state index >= 15 is 0 Å². The summed E-state index contributed by atoms with van der Waals surface area (Å²) in [5.41, 5.74) is 0.944. The average Bonchev–Trinajstić information content (AvgIpc) is 3.15. The van der Waals surface area contributed by atoms with E-state index in [1.54, 1.807) is 38.1 Å². The molecule has 0 aliphatic carbocycles. The van der Waals surface area contributed by atoms with E-state index in [9.17, 15) is 14.9 Å². The van der Waals surface area contributed by atoms with Crippen LogP contribution >= 0.6 is 11.6 Å². The standard InChI is InChI=1S/C20H19ClN6O4/c1-4-30-20(29)15-10(2)27(19-18(24-11(3)28)25-31-26-19)17(23)13(9-22)16(15)12-7-5-6-8-14(12)21/h5-8,13,16,23H,4H2,1-3H3,(H,24,25,28).